The zero-order chi connectivity index (χ0) is 24.7. The number of ether oxygens (including phenoxy) is 2. The van der Waals surface area contributed by atoms with Crippen molar-refractivity contribution in [3.05, 3.63) is 42.4 Å². The fourth-order valence-electron chi connectivity index (χ4n) is 4.80. The molecule has 0 bridgehead atoms. The predicted octanol–water partition coefficient (Wildman–Crippen LogP) is 3.27. The van der Waals surface area contributed by atoms with Crippen LogP contribution in [0, 0.1) is 17.8 Å². The molecule has 1 aliphatic heterocycles. The van der Waals surface area contributed by atoms with Crippen LogP contribution in [0.3, 0.4) is 0 Å². The van der Waals surface area contributed by atoms with Gasteiger partial charge in [0.25, 0.3) is 0 Å². The summed E-state index contributed by atoms with van der Waals surface area (Å²) < 4.78 is 48.9. The minimum Gasteiger partial charge on any atom is -0.406 e. The van der Waals surface area contributed by atoms with Crippen molar-refractivity contribution in [2.24, 2.45) is 24.8 Å². The quantitative estimate of drug-likeness (QED) is 0.622. The Kier molecular flexibility index (Phi) is 6.52. The van der Waals surface area contributed by atoms with Gasteiger partial charge in [0.2, 0.25) is 5.88 Å². The van der Waals surface area contributed by atoms with Crippen molar-refractivity contribution in [3.63, 3.8) is 0 Å². The summed E-state index contributed by atoms with van der Waals surface area (Å²) in [4.78, 5) is 20.7. The predicted molar refractivity (Wildman–Crippen MR) is 116 cm³/mol. The Bertz CT molecular complexity index is 1010. The topological polar surface area (TPSA) is 80.1 Å². The molecular formula is C23H29F3N4O4. The number of nitrogens with zero attached hydrogens (tertiary/aromatic N) is 4. The number of rotatable bonds is 8. The fourth-order valence-corrected chi connectivity index (χ4v) is 4.80. The number of aromatic nitrogens is 2. The van der Waals surface area contributed by atoms with Crippen LogP contribution in [0.2, 0.25) is 0 Å². The number of β-amino-alcohol motifs (C(OH)–C–C–N with tert-alkyl or cyclic N) is 1. The Labute approximate surface area is 195 Å². The van der Waals surface area contributed by atoms with Crippen molar-refractivity contribution < 1.29 is 32.5 Å². The summed E-state index contributed by atoms with van der Waals surface area (Å²) >= 11 is 0. The number of aliphatic hydroxyl groups is 1. The molecule has 1 saturated heterocycles. The number of alkyl halides is 3. The van der Waals surface area contributed by atoms with Crippen LogP contribution in [0.1, 0.15) is 19.4 Å². The van der Waals surface area contributed by atoms with Crippen molar-refractivity contribution in [2.45, 2.75) is 32.4 Å². The van der Waals surface area contributed by atoms with Crippen LogP contribution in [-0.4, -0.2) is 68.7 Å². The number of hydrogen-bond donors (Lipinski definition) is 1. The van der Waals surface area contributed by atoms with Crippen LogP contribution in [0.15, 0.2) is 36.8 Å². The lowest BCUT2D eigenvalue weighted by Crippen LogP contribution is -2.40. The number of amides is 1. The summed E-state index contributed by atoms with van der Waals surface area (Å²) in [6, 6.07) is 5.59. The van der Waals surface area contributed by atoms with Gasteiger partial charge < -0.3 is 24.0 Å². The van der Waals surface area contributed by atoms with Gasteiger partial charge in [0.15, 0.2) is 0 Å². The van der Waals surface area contributed by atoms with E-state index in [1.807, 2.05) is 0 Å². The highest BCUT2D eigenvalue weighted by atomic mass is 19.4. The molecule has 2 fully saturated rings. The maximum absolute atomic E-state index is 13.0. The van der Waals surface area contributed by atoms with Gasteiger partial charge in [-0.05, 0) is 49.3 Å². The summed E-state index contributed by atoms with van der Waals surface area (Å²) in [5, 5.41) is 10.1. The molecule has 1 N–H and O–H groups in total. The first kappa shape index (κ1) is 24.3. The lowest BCUT2D eigenvalue weighted by molar-refractivity contribution is -0.274. The average molecular weight is 483 g/mol. The minimum atomic E-state index is -4.79. The Morgan fingerprint density at radius 1 is 1.26 bits per heavy atom. The van der Waals surface area contributed by atoms with Gasteiger partial charge in [-0.3, -0.25) is 4.90 Å². The number of hydrogen-bond acceptors (Lipinski definition) is 6. The number of halogens is 3. The number of carbonyl (C=O) groups is 1. The summed E-state index contributed by atoms with van der Waals surface area (Å²) in [5.41, 5.74) is -0.275. The summed E-state index contributed by atoms with van der Waals surface area (Å²) in [5.74, 6) is 0.899. The molecule has 1 saturated carbocycles. The molecular weight excluding hydrogens is 453 g/mol. The molecule has 2 aliphatic rings. The fraction of sp³-hybridized carbons (Fsp3) is 0.565. The van der Waals surface area contributed by atoms with E-state index >= 15 is 0 Å². The van der Waals surface area contributed by atoms with E-state index in [9.17, 15) is 23.1 Å². The standard InChI is InChI=1S/C23H29F3N4O4/c1-22(2,32)13-29-9-17-18(10-29)19(17)11-30(21(31)33-20-12-28(3)14-27-20)8-15-5-4-6-16(7-15)34-23(24,25)26/h4-7,12,14,17-19,32H,8-11,13H2,1-3H3. The van der Waals surface area contributed by atoms with Crippen LogP contribution in [0.4, 0.5) is 18.0 Å². The molecule has 2 unspecified atom stereocenters. The van der Waals surface area contributed by atoms with Gasteiger partial charge in [-0.1, -0.05) is 12.1 Å². The van der Waals surface area contributed by atoms with Crippen molar-refractivity contribution >= 4 is 6.09 Å². The summed E-state index contributed by atoms with van der Waals surface area (Å²) in [7, 11) is 1.75. The molecule has 2 atom stereocenters. The molecule has 2 heterocycles. The molecule has 34 heavy (non-hydrogen) atoms. The average Bonchev–Trinajstić information content (AvgIpc) is 3.01. The smallest absolute Gasteiger partial charge is 0.406 e. The molecule has 4 rings (SSSR count). The molecule has 186 valence electrons. The highest BCUT2D eigenvalue weighted by Crippen LogP contribution is 2.52. The maximum Gasteiger partial charge on any atom is 0.573 e. The maximum atomic E-state index is 13.0. The first-order valence-electron chi connectivity index (χ1n) is 11.1. The highest BCUT2D eigenvalue weighted by molar-refractivity contribution is 5.70. The van der Waals surface area contributed by atoms with Gasteiger partial charge in [0.05, 0.1) is 18.1 Å². The molecule has 1 aromatic carbocycles. The van der Waals surface area contributed by atoms with Gasteiger partial charge in [-0.25, -0.2) is 9.78 Å². The lowest BCUT2D eigenvalue weighted by atomic mass is 10.1. The summed E-state index contributed by atoms with van der Waals surface area (Å²) in [6.07, 6.45) is -2.34. The molecule has 1 aromatic heterocycles. The number of fused-ring (bicyclic) bond motifs is 1. The minimum absolute atomic E-state index is 0.0735. The van der Waals surface area contributed by atoms with Crippen LogP contribution in [0.25, 0.3) is 0 Å². The Hall–Kier alpha value is -2.79. The summed E-state index contributed by atoms with van der Waals surface area (Å²) in [6.45, 7) is 6.32. The van der Waals surface area contributed by atoms with Crippen LogP contribution < -0.4 is 9.47 Å². The normalized spacial score (nSPS) is 22.4. The molecule has 8 nitrogen and oxygen atoms in total. The molecule has 0 spiro atoms. The van der Waals surface area contributed by atoms with Crippen LogP contribution >= 0.6 is 0 Å². The monoisotopic (exact) mass is 482 g/mol. The Balaban J connectivity index is 1.43. The van der Waals surface area contributed by atoms with Gasteiger partial charge in [-0.15, -0.1) is 13.2 Å². The SMILES string of the molecule is Cn1cnc(OC(=O)N(Cc2cccc(OC(F)(F)F)c2)CC2C3CN(CC(C)(C)O)CC32)c1. The third-order valence-electron chi connectivity index (χ3n) is 6.13. The number of carbonyl (C=O) groups excluding carboxylic acids is 1. The molecule has 11 heteroatoms. The third-order valence-corrected chi connectivity index (χ3v) is 6.13. The second-order valence-electron chi connectivity index (χ2n) is 9.82. The van der Waals surface area contributed by atoms with Crippen LogP contribution in [0.5, 0.6) is 11.6 Å². The zero-order valence-corrected chi connectivity index (χ0v) is 19.3. The number of likely N-dealkylation sites (tertiary alicyclic amines) is 1. The first-order chi connectivity index (χ1) is 15.9. The van der Waals surface area contributed by atoms with E-state index in [1.54, 1.807) is 37.7 Å². The van der Waals surface area contributed by atoms with Crippen molar-refractivity contribution in [2.75, 3.05) is 26.2 Å². The third kappa shape index (κ3) is 6.41. The van der Waals surface area contributed by atoms with E-state index in [4.69, 9.17) is 4.74 Å². The second kappa shape index (κ2) is 9.10. The van der Waals surface area contributed by atoms with Crippen molar-refractivity contribution in [3.8, 4) is 11.6 Å². The van der Waals surface area contributed by atoms with E-state index in [0.29, 0.717) is 30.5 Å². The number of imidazole rings is 1. The Morgan fingerprint density at radius 3 is 2.56 bits per heavy atom. The van der Waals surface area contributed by atoms with E-state index < -0.39 is 18.1 Å². The van der Waals surface area contributed by atoms with Crippen molar-refractivity contribution in [1.82, 2.24) is 19.4 Å². The molecule has 1 amide bonds. The molecule has 1 aliphatic carbocycles. The highest BCUT2D eigenvalue weighted by Gasteiger charge is 2.56. The van der Waals surface area contributed by atoms with Crippen LogP contribution in [-0.2, 0) is 13.6 Å². The Morgan fingerprint density at radius 2 is 1.97 bits per heavy atom. The van der Waals surface area contributed by atoms with Gasteiger partial charge >= 0.3 is 12.5 Å². The van der Waals surface area contributed by atoms with E-state index in [-0.39, 0.29) is 24.1 Å². The largest absolute Gasteiger partial charge is 0.573 e. The molecule has 0 radical (unpaired) electrons. The number of piperidine rings is 1. The second-order valence-corrected chi connectivity index (χ2v) is 9.82. The van der Waals surface area contributed by atoms with Gasteiger partial charge in [0, 0.05) is 39.8 Å². The van der Waals surface area contributed by atoms with E-state index in [2.05, 4.69) is 14.6 Å². The number of benzene rings is 1. The first-order valence-corrected chi connectivity index (χ1v) is 11.1. The zero-order valence-electron chi connectivity index (χ0n) is 19.3. The van der Waals surface area contributed by atoms with Gasteiger partial charge in [-0.2, -0.15) is 0 Å². The van der Waals surface area contributed by atoms with E-state index in [0.717, 1.165) is 13.1 Å². The van der Waals surface area contributed by atoms with Crippen molar-refractivity contribution in [1.29, 1.82) is 0 Å². The number of aryl methyl sites for hydroxylation is 1. The van der Waals surface area contributed by atoms with E-state index in [1.165, 1.54) is 29.4 Å². The lowest BCUT2D eigenvalue weighted by Gasteiger charge is -2.28. The van der Waals surface area contributed by atoms with Gasteiger partial charge in [0.1, 0.15) is 5.75 Å². The molecule has 2 aromatic rings.